The summed E-state index contributed by atoms with van der Waals surface area (Å²) in [6, 6.07) is 5.57. The number of ether oxygens (including phenoxy) is 3. The second-order valence-electron chi connectivity index (χ2n) is 6.45. The van der Waals surface area contributed by atoms with Crippen LogP contribution >= 0.6 is 11.8 Å². The van der Waals surface area contributed by atoms with Crippen molar-refractivity contribution in [1.82, 2.24) is 19.6 Å². The van der Waals surface area contributed by atoms with E-state index in [-0.39, 0.29) is 17.6 Å². The molecule has 0 saturated heterocycles. The van der Waals surface area contributed by atoms with Crippen LogP contribution in [0.25, 0.3) is 16.9 Å². The standard InChI is InChI=1S/C19H23N5O4S/c1-10(2)16-15(11-6-7-12(26-3)13(8-11)27-4)17(20)24-18(21-16)22-19(23-24)29-9-14(25)28-5/h6-8,10H,9,20H2,1-5H3. The van der Waals surface area contributed by atoms with E-state index in [1.807, 2.05) is 32.0 Å². The van der Waals surface area contributed by atoms with Crippen LogP contribution in [0, 0.1) is 0 Å². The third-order valence-electron chi connectivity index (χ3n) is 4.30. The Morgan fingerprint density at radius 2 is 1.90 bits per heavy atom. The van der Waals surface area contributed by atoms with E-state index in [0.29, 0.717) is 28.3 Å². The SMILES string of the molecule is COC(=O)CSc1nc2nc(C(C)C)c(-c3ccc(OC)c(OC)c3)c(N)n2n1. The lowest BCUT2D eigenvalue weighted by Crippen LogP contribution is -2.09. The summed E-state index contributed by atoms with van der Waals surface area (Å²) < 4.78 is 16.9. The minimum absolute atomic E-state index is 0.0910. The van der Waals surface area contributed by atoms with Gasteiger partial charge < -0.3 is 19.9 Å². The predicted octanol–water partition coefficient (Wildman–Crippen LogP) is 2.78. The van der Waals surface area contributed by atoms with Crippen molar-refractivity contribution in [3.8, 4) is 22.6 Å². The van der Waals surface area contributed by atoms with Crippen molar-refractivity contribution >= 4 is 29.3 Å². The summed E-state index contributed by atoms with van der Waals surface area (Å²) in [4.78, 5) is 20.5. The predicted molar refractivity (Wildman–Crippen MR) is 111 cm³/mol. The summed E-state index contributed by atoms with van der Waals surface area (Å²) in [5, 5.41) is 4.80. The zero-order chi connectivity index (χ0) is 21.1. The second-order valence-corrected chi connectivity index (χ2v) is 7.40. The van der Waals surface area contributed by atoms with Gasteiger partial charge in [-0.3, -0.25) is 4.79 Å². The van der Waals surface area contributed by atoms with Gasteiger partial charge in [0, 0.05) is 5.56 Å². The average Bonchev–Trinajstić information content (AvgIpc) is 3.14. The fraction of sp³-hybridized carbons (Fsp3) is 0.368. The number of nitrogen functional groups attached to an aromatic ring is 1. The second kappa shape index (κ2) is 8.56. The minimum atomic E-state index is -0.358. The van der Waals surface area contributed by atoms with Gasteiger partial charge in [-0.05, 0) is 23.6 Å². The Labute approximate surface area is 172 Å². The van der Waals surface area contributed by atoms with Crippen molar-refractivity contribution in [3.05, 3.63) is 23.9 Å². The van der Waals surface area contributed by atoms with Gasteiger partial charge in [0.15, 0.2) is 11.5 Å². The molecule has 3 aromatic rings. The van der Waals surface area contributed by atoms with E-state index in [4.69, 9.17) is 15.2 Å². The molecule has 0 radical (unpaired) electrons. The summed E-state index contributed by atoms with van der Waals surface area (Å²) in [6.07, 6.45) is 0. The molecular formula is C19H23N5O4S. The van der Waals surface area contributed by atoms with Gasteiger partial charge in [-0.2, -0.15) is 9.50 Å². The lowest BCUT2D eigenvalue weighted by Gasteiger charge is -2.16. The number of esters is 1. The number of methoxy groups -OCH3 is 3. The molecule has 0 spiro atoms. The lowest BCUT2D eigenvalue weighted by atomic mass is 9.97. The number of hydrogen-bond acceptors (Lipinski definition) is 9. The third kappa shape index (κ3) is 4.07. The van der Waals surface area contributed by atoms with E-state index in [1.54, 1.807) is 14.2 Å². The highest BCUT2D eigenvalue weighted by atomic mass is 32.2. The number of thioether (sulfide) groups is 1. The molecule has 2 N–H and O–H groups in total. The summed E-state index contributed by atoms with van der Waals surface area (Å²) in [7, 11) is 4.50. The Morgan fingerprint density at radius 1 is 1.17 bits per heavy atom. The maximum Gasteiger partial charge on any atom is 0.316 e. The molecule has 0 amide bonds. The Kier molecular flexibility index (Phi) is 6.12. The van der Waals surface area contributed by atoms with Gasteiger partial charge in [0.25, 0.3) is 5.78 Å². The van der Waals surface area contributed by atoms with Gasteiger partial charge >= 0.3 is 5.97 Å². The number of aromatic nitrogens is 4. The lowest BCUT2D eigenvalue weighted by molar-refractivity contribution is -0.137. The first-order valence-corrected chi connectivity index (χ1v) is 9.86. The highest BCUT2D eigenvalue weighted by Crippen LogP contribution is 2.38. The van der Waals surface area contributed by atoms with Crippen LogP contribution < -0.4 is 15.2 Å². The molecule has 0 bridgehead atoms. The van der Waals surface area contributed by atoms with Gasteiger partial charge in [-0.15, -0.1) is 5.10 Å². The highest BCUT2D eigenvalue weighted by Gasteiger charge is 2.21. The number of hydrogen-bond donors (Lipinski definition) is 1. The third-order valence-corrected chi connectivity index (χ3v) is 5.11. The summed E-state index contributed by atoms with van der Waals surface area (Å²) >= 11 is 1.16. The molecular weight excluding hydrogens is 394 g/mol. The molecule has 10 heteroatoms. The molecule has 0 aliphatic rings. The maximum atomic E-state index is 11.4. The molecule has 0 aliphatic carbocycles. The molecule has 9 nitrogen and oxygen atoms in total. The maximum absolute atomic E-state index is 11.4. The van der Waals surface area contributed by atoms with Gasteiger partial charge in [0.2, 0.25) is 5.16 Å². The van der Waals surface area contributed by atoms with Crippen LogP contribution in [-0.4, -0.2) is 52.6 Å². The van der Waals surface area contributed by atoms with Crippen molar-refractivity contribution in [2.75, 3.05) is 32.8 Å². The van der Waals surface area contributed by atoms with Crippen molar-refractivity contribution in [2.24, 2.45) is 0 Å². The number of carbonyl (C=O) groups is 1. The summed E-state index contributed by atoms with van der Waals surface area (Å²) in [5.74, 6) is 1.83. The number of anilines is 1. The van der Waals surface area contributed by atoms with Gasteiger partial charge in [-0.25, -0.2) is 4.98 Å². The van der Waals surface area contributed by atoms with Crippen LogP contribution in [0.15, 0.2) is 23.4 Å². The minimum Gasteiger partial charge on any atom is -0.493 e. The first kappa shape index (κ1) is 20.7. The first-order chi connectivity index (χ1) is 13.9. The number of nitrogens with two attached hydrogens (primary N) is 1. The van der Waals surface area contributed by atoms with Gasteiger partial charge in [0.1, 0.15) is 5.82 Å². The van der Waals surface area contributed by atoms with Crippen LogP contribution in [0.1, 0.15) is 25.5 Å². The van der Waals surface area contributed by atoms with E-state index in [0.717, 1.165) is 28.6 Å². The Morgan fingerprint density at radius 3 is 2.52 bits per heavy atom. The largest absolute Gasteiger partial charge is 0.493 e. The van der Waals surface area contributed by atoms with E-state index in [1.165, 1.54) is 11.6 Å². The molecule has 154 valence electrons. The molecule has 0 atom stereocenters. The van der Waals surface area contributed by atoms with Crippen LogP contribution in [0.5, 0.6) is 11.5 Å². The topological polar surface area (TPSA) is 114 Å². The van der Waals surface area contributed by atoms with Crippen LogP contribution in [0.3, 0.4) is 0 Å². The fourth-order valence-corrected chi connectivity index (χ4v) is 3.52. The molecule has 2 heterocycles. The molecule has 0 saturated carbocycles. The number of benzene rings is 1. The molecule has 0 fully saturated rings. The van der Waals surface area contributed by atoms with E-state index >= 15 is 0 Å². The Balaban J connectivity index is 2.14. The first-order valence-electron chi connectivity index (χ1n) is 8.87. The smallest absolute Gasteiger partial charge is 0.316 e. The zero-order valence-corrected chi connectivity index (χ0v) is 17.7. The van der Waals surface area contributed by atoms with E-state index in [9.17, 15) is 4.79 Å². The van der Waals surface area contributed by atoms with Crippen LogP contribution in [0.2, 0.25) is 0 Å². The molecule has 3 rings (SSSR count). The van der Waals surface area contributed by atoms with Crippen molar-refractivity contribution in [2.45, 2.75) is 24.9 Å². The highest BCUT2D eigenvalue weighted by molar-refractivity contribution is 7.99. The summed E-state index contributed by atoms with van der Waals surface area (Å²) in [5.41, 5.74) is 8.87. The number of fused-ring (bicyclic) bond motifs is 1. The molecule has 1 aromatic carbocycles. The quantitative estimate of drug-likeness (QED) is 0.458. The monoisotopic (exact) mass is 417 g/mol. The van der Waals surface area contributed by atoms with Crippen molar-refractivity contribution in [1.29, 1.82) is 0 Å². The molecule has 29 heavy (non-hydrogen) atoms. The van der Waals surface area contributed by atoms with Crippen molar-refractivity contribution in [3.63, 3.8) is 0 Å². The van der Waals surface area contributed by atoms with E-state index in [2.05, 4.69) is 19.8 Å². The van der Waals surface area contributed by atoms with Crippen LogP contribution in [0.4, 0.5) is 5.82 Å². The zero-order valence-electron chi connectivity index (χ0n) is 16.9. The number of rotatable bonds is 7. The Hall–Kier alpha value is -3.01. The average molecular weight is 417 g/mol. The molecule has 0 aliphatic heterocycles. The number of carbonyl (C=O) groups excluding carboxylic acids is 1. The van der Waals surface area contributed by atoms with Crippen molar-refractivity contribution < 1.29 is 19.0 Å². The van der Waals surface area contributed by atoms with Gasteiger partial charge in [0.05, 0.1) is 32.8 Å². The summed E-state index contributed by atoms with van der Waals surface area (Å²) in [6.45, 7) is 4.07. The number of nitrogens with zero attached hydrogens (tertiary/aromatic N) is 4. The molecule has 2 aromatic heterocycles. The normalized spacial score (nSPS) is 11.1. The van der Waals surface area contributed by atoms with Crippen LogP contribution in [-0.2, 0) is 9.53 Å². The van der Waals surface area contributed by atoms with E-state index < -0.39 is 0 Å². The van der Waals surface area contributed by atoms with Gasteiger partial charge in [-0.1, -0.05) is 31.7 Å². The Bertz CT molecular complexity index is 1050. The fourth-order valence-electron chi connectivity index (χ4n) is 2.87. The molecule has 0 unspecified atom stereocenters.